The lowest BCUT2D eigenvalue weighted by molar-refractivity contribution is -0.330. The highest BCUT2D eigenvalue weighted by atomic mass is 28.4. The van der Waals surface area contributed by atoms with Crippen molar-refractivity contribution >= 4 is 18.7 Å². The van der Waals surface area contributed by atoms with Gasteiger partial charge in [-0.25, -0.2) is 0 Å². The van der Waals surface area contributed by atoms with Crippen molar-refractivity contribution in [2.24, 2.45) is 35.0 Å². The summed E-state index contributed by atoms with van der Waals surface area (Å²) in [5.41, 5.74) is 0.472. The van der Waals surface area contributed by atoms with Crippen LogP contribution in [0.1, 0.15) is 46.5 Å². The zero-order valence-corrected chi connectivity index (χ0v) is 31.6. The van der Waals surface area contributed by atoms with Crippen LogP contribution in [0.4, 0.5) is 0 Å². The molecule has 2 aliphatic heterocycles. The quantitative estimate of drug-likeness (QED) is 0.106. The van der Waals surface area contributed by atoms with Crippen molar-refractivity contribution in [1.82, 2.24) is 0 Å². The van der Waals surface area contributed by atoms with E-state index in [1.54, 1.807) is 14.2 Å². The lowest BCUT2D eigenvalue weighted by Gasteiger charge is -2.53. The highest BCUT2D eigenvalue weighted by molar-refractivity contribution is 6.99. The van der Waals surface area contributed by atoms with Gasteiger partial charge in [0.05, 0.1) is 31.8 Å². The normalized spacial score (nSPS) is 32.1. The third kappa shape index (κ3) is 6.59. The third-order valence-electron chi connectivity index (χ3n) is 12.1. The minimum atomic E-state index is -2.82. The van der Waals surface area contributed by atoms with Gasteiger partial charge in [0.25, 0.3) is 8.32 Å². The summed E-state index contributed by atoms with van der Waals surface area (Å²) < 4.78 is 44.0. The fourth-order valence-electron chi connectivity index (χ4n) is 9.98. The summed E-state index contributed by atoms with van der Waals surface area (Å²) >= 11 is 0. The van der Waals surface area contributed by atoms with Crippen molar-refractivity contribution < 1.29 is 43.1 Å². The van der Waals surface area contributed by atoms with Crippen LogP contribution in [0.2, 0.25) is 5.04 Å². The molecule has 5 bridgehead atoms. The molecule has 2 heterocycles. The Kier molecular flexibility index (Phi) is 12.1. The first-order chi connectivity index (χ1) is 24.2. The summed E-state index contributed by atoms with van der Waals surface area (Å²) in [7, 11) is 0.542. The van der Waals surface area contributed by atoms with Crippen LogP contribution in [0.15, 0.2) is 72.3 Å². The zero-order valence-electron chi connectivity index (χ0n) is 30.6. The second kappa shape index (κ2) is 16.0. The fourth-order valence-corrected chi connectivity index (χ4v) is 14.5. The average molecular weight is 711 g/mol. The second-order valence-corrected chi connectivity index (χ2v) is 19.9. The van der Waals surface area contributed by atoms with Crippen LogP contribution in [0.25, 0.3) is 0 Å². The van der Waals surface area contributed by atoms with Gasteiger partial charge in [-0.1, -0.05) is 87.5 Å². The van der Waals surface area contributed by atoms with Gasteiger partial charge in [-0.3, -0.25) is 0 Å². The summed E-state index contributed by atoms with van der Waals surface area (Å²) in [6, 6.07) is 21.4. The number of ether oxygens (including phenoxy) is 6. The zero-order chi connectivity index (χ0) is 35.4. The summed E-state index contributed by atoms with van der Waals surface area (Å²) in [4.78, 5) is 0. The molecule has 1 saturated carbocycles. The Hall–Kier alpha value is -1.96. The maximum Gasteiger partial charge on any atom is 0.261 e. The molecule has 276 valence electrons. The third-order valence-corrected chi connectivity index (χ3v) is 17.1. The molecule has 0 radical (unpaired) electrons. The van der Waals surface area contributed by atoms with E-state index in [4.69, 9.17) is 32.8 Å². The number of benzene rings is 2. The minimum absolute atomic E-state index is 0.0296. The van der Waals surface area contributed by atoms with E-state index in [9.17, 15) is 10.2 Å². The number of rotatable bonds is 17. The maximum atomic E-state index is 11.0. The van der Waals surface area contributed by atoms with Crippen LogP contribution in [0.5, 0.6) is 0 Å². The SMILES string of the molecule is COCCOCOCC[C@H]1C=C2[C@@]3(CCO[Si](c4ccccc4)(c4ccccc4)C(C)(C)C)C[C@@H](CO)[C@H](CO)[C@H]4[C@@H]1CCO[C@@]24O[C@H]3OC. The van der Waals surface area contributed by atoms with Gasteiger partial charge in [-0.05, 0) is 70.3 Å². The fraction of sp³-hybridized carbons (Fsp3) is 0.650. The van der Waals surface area contributed by atoms with E-state index in [0.29, 0.717) is 45.9 Å². The molecule has 9 nitrogen and oxygen atoms in total. The highest BCUT2D eigenvalue weighted by Gasteiger charge is 2.72. The smallest absolute Gasteiger partial charge is 0.261 e. The maximum absolute atomic E-state index is 11.0. The molecule has 3 fully saturated rings. The number of hydrogen-bond acceptors (Lipinski definition) is 9. The van der Waals surface area contributed by atoms with Crippen LogP contribution < -0.4 is 10.4 Å². The molecule has 2 aromatic carbocycles. The molecule has 1 spiro atoms. The standard InChI is InChI=1S/C40H58O9Si/c1-38(2,3)50(31-12-8-6-9-13-31,32-14-10-7-11-15-32)48-21-18-39-25-30(26-41)34(27-42)36-33-17-20-47-40(36,49-37(39)44-5)35(39)24-29(33)16-19-45-28-46-23-22-43-4/h6-15,24,29-30,33-34,36-37,41-42H,16-23,25-28H2,1-5H3/t29-,30-,33+,34-,36+,37+,39+,40+/m0/s1. The van der Waals surface area contributed by atoms with Crippen LogP contribution in [0.3, 0.4) is 0 Å². The van der Waals surface area contributed by atoms with E-state index in [2.05, 4.69) is 87.5 Å². The van der Waals surface area contributed by atoms with Gasteiger partial charge < -0.3 is 43.1 Å². The molecule has 4 aliphatic rings. The van der Waals surface area contributed by atoms with E-state index in [1.807, 2.05) is 0 Å². The molecular weight excluding hydrogens is 653 g/mol. The van der Waals surface area contributed by atoms with Crippen molar-refractivity contribution in [2.75, 3.05) is 67.3 Å². The van der Waals surface area contributed by atoms with Crippen molar-refractivity contribution in [2.45, 2.75) is 63.6 Å². The Bertz CT molecular complexity index is 1360. The monoisotopic (exact) mass is 710 g/mol. The van der Waals surface area contributed by atoms with Gasteiger partial charge >= 0.3 is 0 Å². The molecule has 2 aromatic rings. The lowest BCUT2D eigenvalue weighted by Crippen LogP contribution is -2.66. The molecule has 0 amide bonds. The number of methoxy groups -OCH3 is 2. The topological polar surface area (TPSA) is 105 Å². The van der Waals surface area contributed by atoms with Gasteiger partial charge in [-0.15, -0.1) is 0 Å². The Morgan fingerprint density at radius 3 is 2.16 bits per heavy atom. The van der Waals surface area contributed by atoms with Gasteiger partial charge in [0.1, 0.15) is 6.79 Å². The number of aliphatic hydroxyl groups is 2. The first-order valence-electron chi connectivity index (χ1n) is 18.4. The Balaban J connectivity index is 1.37. The molecule has 0 unspecified atom stereocenters. The van der Waals surface area contributed by atoms with Crippen molar-refractivity contribution in [3.8, 4) is 0 Å². The summed E-state index contributed by atoms with van der Waals surface area (Å²) in [5.74, 6) is -1.09. The number of aliphatic hydroxyl groups excluding tert-OH is 2. The predicted molar refractivity (Wildman–Crippen MR) is 193 cm³/mol. The van der Waals surface area contributed by atoms with Gasteiger partial charge in [0, 0.05) is 40.0 Å². The van der Waals surface area contributed by atoms with Gasteiger partial charge in [0.2, 0.25) is 0 Å². The average Bonchev–Trinajstić information content (AvgIpc) is 3.33. The first-order valence-corrected chi connectivity index (χ1v) is 20.3. The summed E-state index contributed by atoms with van der Waals surface area (Å²) in [6.07, 6.45) is 4.69. The number of hydrogen-bond donors (Lipinski definition) is 2. The highest BCUT2D eigenvalue weighted by Crippen LogP contribution is 2.68. The largest absolute Gasteiger partial charge is 0.407 e. The van der Waals surface area contributed by atoms with Crippen LogP contribution in [-0.2, 0) is 32.8 Å². The van der Waals surface area contributed by atoms with Crippen LogP contribution in [0, 0.1) is 35.0 Å². The Labute approximate surface area is 299 Å². The molecular formula is C40H58O9Si. The van der Waals surface area contributed by atoms with E-state index >= 15 is 0 Å². The van der Waals surface area contributed by atoms with Gasteiger partial charge in [-0.2, -0.15) is 0 Å². The van der Waals surface area contributed by atoms with Crippen LogP contribution >= 0.6 is 0 Å². The molecule has 2 N–H and O–H groups in total. The molecule has 8 atom stereocenters. The molecule has 2 saturated heterocycles. The molecule has 2 aliphatic carbocycles. The van der Waals surface area contributed by atoms with E-state index in [-0.39, 0.29) is 54.6 Å². The van der Waals surface area contributed by atoms with Crippen molar-refractivity contribution in [3.05, 3.63) is 72.3 Å². The molecule has 50 heavy (non-hydrogen) atoms. The van der Waals surface area contributed by atoms with Crippen LogP contribution in [-0.4, -0.2) is 97.9 Å². The van der Waals surface area contributed by atoms with Crippen molar-refractivity contribution in [3.63, 3.8) is 0 Å². The summed E-state index contributed by atoms with van der Waals surface area (Å²) in [6.45, 7) is 9.61. The second-order valence-electron chi connectivity index (χ2n) is 15.6. The number of allylic oxidation sites excluding steroid dienone is 1. The summed E-state index contributed by atoms with van der Waals surface area (Å²) in [5, 5.41) is 24.3. The predicted octanol–water partition coefficient (Wildman–Crippen LogP) is 4.50. The molecule has 6 rings (SSSR count). The molecule has 10 heteroatoms. The molecule has 0 aromatic heterocycles. The van der Waals surface area contributed by atoms with Crippen molar-refractivity contribution in [1.29, 1.82) is 0 Å². The Morgan fingerprint density at radius 1 is 0.880 bits per heavy atom. The van der Waals surface area contributed by atoms with E-state index < -0.39 is 25.8 Å². The van der Waals surface area contributed by atoms with E-state index in [1.165, 1.54) is 10.4 Å². The first kappa shape index (κ1) is 37.8. The Morgan fingerprint density at radius 2 is 1.56 bits per heavy atom. The lowest BCUT2D eigenvalue weighted by atomic mass is 9.60. The minimum Gasteiger partial charge on any atom is -0.407 e. The van der Waals surface area contributed by atoms with Gasteiger partial charge in [0.15, 0.2) is 12.1 Å². The van der Waals surface area contributed by atoms with E-state index in [0.717, 1.165) is 18.4 Å².